The molecule has 1 aliphatic heterocycles. The molecule has 6 heteroatoms. The van der Waals surface area contributed by atoms with Crippen molar-refractivity contribution in [1.82, 2.24) is 14.5 Å². The first kappa shape index (κ1) is 21.6. The number of piperidine rings is 1. The van der Waals surface area contributed by atoms with E-state index in [4.69, 9.17) is 4.98 Å². The first-order valence-electron chi connectivity index (χ1n) is 11.0. The number of nitrogens with zero attached hydrogens (tertiary/aromatic N) is 3. The number of hydrogen-bond donors (Lipinski definition) is 0. The zero-order chi connectivity index (χ0) is 22.0. The molecule has 4 rings (SSSR count). The number of hydrogen-bond acceptors (Lipinski definition) is 4. The Hall–Kier alpha value is -2.60. The molecule has 1 amide bonds. The van der Waals surface area contributed by atoms with Gasteiger partial charge in [0.1, 0.15) is 0 Å². The highest BCUT2D eigenvalue weighted by Gasteiger charge is 2.26. The van der Waals surface area contributed by atoms with Crippen LogP contribution in [-0.4, -0.2) is 38.7 Å². The van der Waals surface area contributed by atoms with Crippen LogP contribution in [0.4, 0.5) is 0 Å². The summed E-state index contributed by atoms with van der Waals surface area (Å²) in [5.41, 5.74) is 2.48. The second kappa shape index (κ2) is 9.27. The summed E-state index contributed by atoms with van der Waals surface area (Å²) in [6.07, 6.45) is 3.30. The Balaban J connectivity index is 1.82. The van der Waals surface area contributed by atoms with Gasteiger partial charge in [-0.25, -0.2) is 4.98 Å². The van der Waals surface area contributed by atoms with E-state index in [-0.39, 0.29) is 22.6 Å². The van der Waals surface area contributed by atoms with Gasteiger partial charge in [0, 0.05) is 13.1 Å². The van der Waals surface area contributed by atoms with Crippen molar-refractivity contribution < 1.29 is 4.79 Å². The molecule has 0 radical (unpaired) electrons. The number of likely N-dealkylation sites (tertiary alicyclic amines) is 1. The minimum Gasteiger partial charge on any atom is -0.342 e. The normalized spacial score (nSPS) is 15.4. The summed E-state index contributed by atoms with van der Waals surface area (Å²) in [5.74, 6) is 0.371. The van der Waals surface area contributed by atoms with Gasteiger partial charge in [0.2, 0.25) is 5.91 Å². The van der Waals surface area contributed by atoms with Crippen LogP contribution in [0.15, 0.2) is 58.5 Å². The molecule has 0 N–H and O–H groups in total. The van der Waals surface area contributed by atoms with E-state index in [9.17, 15) is 9.59 Å². The summed E-state index contributed by atoms with van der Waals surface area (Å²) in [6, 6.07) is 15.4. The lowest BCUT2D eigenvalue weighted by molar-refractivity contribution is -0.131. The summed E-state index contributed by atoms with van der Waals surface area (Å²) >= 11 is 1.38. The molecule has 1 saturated heterocycles. The molecule has 0 saturated carbocycles. The Kier molecular flexibility index (Phi) is 6.46. The molecular formula is C25H29N3O2S. The largest absolute Gasteiger partial charge is 0.342 e. The minimum absolute atomic E-state index is 0.0983. The van der Waals surface area contributed by atoms with Crippen LogP contribution in [0.3, 0.4) is 0 Å². The SMILES string of the molecule is CC(Sc1nc2ccccc2c(=O)n1-c1ccccc1C(C)C)C(=O)N1CCCCC1. The van der Waals surface area contributed by atoms with E-state index < -0.39 is 0 Å². The average Bonchev–Trinajstić information content (AvgIpc) is 2.79. The van der Waals surface area contributed by atoms with Gasteiger partial charge in [-0.2, -0.15) is 0 Å². The van der Waals surface area contributed by atoms with Crippen LogP contribution in [0.25, 0.3) is 16.6 Å². The molecule has 1 atom stereocenters. The molecule has 2 aromatic carbocycles. The fourth-order valence-electron chi connectivity index (χ4n) is 4.16. The van der Waals surface area contributed by atoms with E-state index in [2.05, 4.69) is 19.9 Å². The molecule has 1 fully saturated rings. The third-order valence-corrected chi connectivity index (χ3v) is 6.88. The van der Waals surface area contributed by atoms with Gasteiger partial charge in [-0.1, -0.05) is 55.9 Å². The van der Waals surface area contributed by atoms with Crippen molar-refractivity contribution in [2.24, 2.45) is 0 Å². The number of fused-ring (bicyclic) bond motifs is 1. The van der Waals surface area contributed by atoms with E-state index in [0.29, 0.717) is 16.1 Å². The second-order valence-electron chi connectivity index (χ2n) is 8.41. The quantitative estimate of drug-likeness (QED) is 0.418. The Morgan fingerprint density at radius 2 is 1.65 bits per heavy atom. The van der Waals surface area contributed by atoms with Crippen LogP contribution in [-0.2, 0) is 4.79 Å². The first-order valence-corrected chi connectivity index (χ1v) is 11.9. The van der Waals surface area contributed by atoms with E-state index in [0.717, 1.165) is 37.2 Å². The van der Waals surface area contributed by atoms with Gasteiger partial charge >= 0.3 is 0 Å². The lowest BCUT2D eigenvalue weighted by Crippen LogP contribution is -2.40. The third-order valence-electron chi connectivity index (χ3n) is 5.84. The molecule has 1 aromatic heterocycles. The molecule has 5 nitrogen and oxygen atoms in total. The van der Waals surface area contributed by atoms with E-state index in [1.807, 2.05) is 54.3 Å². The minimum atomic E-state index is -0.316. The molecule has 0 aliphatic carbocycles. The van der Waals surface area contributed by atoms with Gasteiger partial charge in [0.15, 0.2) is 5.16 Å². The zero-order valence-electron chi connectivity index (χ0n) is 18.4. The molecule has 3 aromatic rings. The maximum Gasteiger partial charge on any atom is 0.266 e. The molecular weight excluding hydrogens is 406 g/mol. The maximum atomic E-state index is 13.6. The fraction of sp³-hybridized carbons (Fsp3) is 0.400. The Morgan fingerprint density at radius 1 is 0.968 bits per heavy atom. The molecule has 162 valence electrons. The lowest BCUT2D eigenvalue weighted by atomic mass is 10.0. The summed E-state index contributed by atoms with van der Waals surface area (Å²) in [5, 5.41) is 0.832. The number of rotatable bonds is 5. The molecule has 0 bridgehead atoms. The topological polar surface area (TPSA) is 55.2 Å². The van der Waals surface area contributed by atoms with Crippen molar-refractivity contribution in [3.05, 3.63) is 64.4 Å². The van der Waals surface area contributed by atoms with Gasteiger partial charge in [0.05, 0.1) is 21.8 Å². The van der Waals surface area contributed by atoms with E-state index in [1.54, 1.807) is 4.57 Å². The van der Waals surface area contributed by atoms with E-state index in [1.165, 1.54) is 18.2 Å². The number of benzene rings is 2. The molecule has 1 unspecified atom stereocenters. The maximum absolute atomic E-state index is 13.6. The highest BCUT2D eigenvalue weighted by Crippen LogP contribution is 2.30. The van der Waals surface area contributed by atoms with Crippen LogP contribution >= 0.6 is 11.8 Å². The van der Waals surface area contributed by atoms with Crippen molar-refractivity contribution in [2.75, 3.05) is 13.1 Å². The Morgan fingerprint density at radius 3 is 2.39 bits per heavy atom. The standard InChI is InChI=1S/C25H29N3O2S/c1-17(2)19-11-6-8-14-22(19)28-24(30)20-12-5-7-13-21(20)26-25(28)31-18(3)23(29)27-15-9-4-10-16-27/h5-8,11-14,17-18H,4,9-10,15-16H2,1-3H3. The zero-order valence-corrected chi connectivity index (χ0v) is 19.2. The summed E-state index contributed by atoms with van der Waals surface area (Å²) in [6.45, 7) is 7.79. The van der Waals surface area contributed by atoms with Crippen molar-refractivity contribution in [2.45, 2.75) is 56.4 Å². The second-order valence-corrected chi connectivity index (χ2v) is 9.72. The van der Waals surface area contributed by atoms with Gasteiger partial charge in [0.25, 0.3) is 5.56 Å². The van der Waals surface area contributed by atoms with Gasteiger partial charge in [-0.15, -0.1) is 0 Å². The predicted molar refractivity (Wildman–Crippen MR) is 127 cm³/mol. The molecule has 2 heterocycles. The van der Waals surface area contributed by atoms with Crippen LogP contribution < -0.4 is 5.56 Å². The van der Waals surface area contributed by atoms with Crippen LogP contribution in [0, 0.1) is 0 Å². The number of aromatic nitrogens is 2. The van der Waals surface area contributed by atoms with Gasteiger partial charge in [-0.05, 0) is 55.9 Å². The Labute approximate surface area is 187 Å². The third kappa shape index (κ3) is 4.40. The van der Waals surface area contributed by atoms with Crippen molar-refractivity contribution in [3.63, 3.8) is 0 Å². The van der Waals surface area contributed by atoms with Gasteiger partial charge in [-0.3, -0.25) is 14.2 Å². The van der Waals surface area contributed by atoms with Crippen LogP contribution in [0.5, 0.6) is 0 Å². The summed E-state index contributed by atoms with van der Waals surface area (Å²) in [7, 11) is 0. The van der Waals surface area contributed by atoms with Gasteiger partial charge < -0.3 is 4.90 Å². The monoisotopic (exact) mass is 435 g/mol. The highest BCUT2D eigenvalue weighted by molar-refractivity contribution is 8.00. The summed E-state index contributed by atoms with van der Waals surface area (Å²) < 4.78 is 1.70. The van der Waals surface area contributed by atoms with Crippen LogP contribution in [0.2, 0.25) is 0 Å². The number of carbonyl (C=O) groups is 1. The first-order chi connectivity index (χ1) is 15.0. The van der Waals surface area contributed by atoms with Crippen molar-refractivity contribution in [3.8, 4) is 5.69 Å². The number of para-hydroxylation sites is 2. The molecule has 0 spiro atoms. The number of amides is 1. The smallest absolute Gasteiger partial charge is 0.266 e. The Bertz CT molecular complexity index is 1150. The summed E-state index contributed by atoms with van der Waals surface area (Å²) in [4.78, 5) is 33.4. The van der Waals surface area contributed by atoms with Crippen molar-refractivity contribution in [1.29, 1.82) is 0 Å². The van der Waals surface area contributed by atoms with Crippen molar-refractivity contribution >= 4 is 28.6 Å². The fourth-order valence-corrected chi connectivity index (χ4v) is 5.17. The number of thioether (sulfide) groups is 1. The van der Waals surface area contributed by atoms with Crippen LogP contribution in [0.1, 0.15) is 51.5 Å². The highest BCUT2D eigenvalue weighted by atomic mass is 32.2. The molecule has 1 aliphatic rings. The predicted octanol–water partition coefficient (Wildman–Crippen LogP) is 5.00. The van der Waals surface area contributed by atoms with E-state index >= 15 is 0 Å². The number of carbonyl (C=O) groups excluding carboxylic acids is 1. The molecule has 31 heavy (non-hydrogen) atoms. The average molecular weight is 436 g/mol. The lowest BCUT2D eigenvalue weighted by Gasteiger charge is -2.29.